The number of benzene rings is 1. The van der Waals surface area contributed by atoms with Gasteiger partial charge in [0.25, 0.3) is 5.91 Å². The normalized spacial score (nSPS) is 12.0. The lowest BCUT2D eigenvalue weighted by atomic mass is 10.1. The molecule has 0 saturated heterocycles. The predicted octanol–water partition coefficient (Wildman–Crippen LogP) is 1.43. The summed E-state index contributed by atoms with van der Waals surface area (Å²) in [6.07, 6.45) is 0. The van der Waals surface area contributed by atoms with E-state index in [1.807, 2.05) is 13.8 Å². The van der Waals surface area contributed by atoms with E-state index in [1.54, 1.807) is 12.1 Å². The van der Waals surface area contributed by atoms with E-state index >= 15 is 0 Å². The number of carbonyl (C=O) groups excluding carboxylic acids is 1. The van der Waals surface area contributed by atoms with Crippen LogP contribution >= 0.6 is 0 Å². The van der Waals surface area contributed by atoms with Gasteiger partial charge in [-0.05, 0) is 18.1 Å². The topological polar surface area (TPSA) is 82.8 Å². The number of rotatable bonds is 7. The fourth-order valence-corrected chi connectivity index (χ4v) is 1.76. The van der Waals surface area contributed by atoms with Gasteiger partial charge in [0, 0.05) is 18.2 Å². The van der Waals surface area contributed by atoms with E-state index in [2.05, 4.69) is 5.32 Å². The van der Waals surface area contributed by atoms with Crippen molar-refractivity contribution in [3.05, 3.63) is 17.7 Å². The van der Waals surface area contributed by atoms with E-state index in [0.29, 0.717) is 35.3 Å². The van der Waals surface area contributed by atoms with Gasteiger partial charge in [0.1, 0.15) is 0 Å². The molecule has 0 fully saturated rings. The fourth-order valence-electron chi connectivity index (χ4n) is 1.76. The second-order valence-electron chi connectivity index (χ2n) is 5.03. The summed E-state index contributed by atoms with van der Waals surface area (Å²) in [5, 5.41) is 2.80. The van der Waals surface area contributed by atoms with Gasteiger partial charge in [-0.1, -0.05) is 13.8 Å². The van der Waals surface area contributed by atoms with E-state index in [4.69, 9.17) is 19.9 Å². The number of ether oxygens (including phenoxy) is 3. The average Bonchev–Trinajstić information content (AvgIpc) is 2.50. The maximum Gasteiger partial charge on any atom is 0.251 e. The van der Waals surface area contributed by atoms with E-state index < -0.39 is 0 Å². The molecule has 0 aromatic heterocycles. The van der Waals surface area contributed by atoms with E-state index in [1.165, 1.54) is 21.3 Å². The molecule has 0 spiro atoms. The zero-order valence-corrected chi connectivity index (χ0v) is 13.2. The second-order valence-corrected chi connectivity index (χ2v) is 5.03. The van der Waals surface area contributed by atoms with Crippen LogP contribution in [0.15, 0.2) is 12.1 Å². The van der Waals surface area contributed by atoms with E-state index in [9.17, 15) is 4.79 Å². The molecule has 1 amide bonds. The van der Waals surface area contributed by atoms with Crippen molar-refractivity contribution in [1.82, 2.24) is 5.32 Å². The Bertz CT molecular complexity index is 464. The van der Waals surface area contributed by atoms with Gasteiger partial charge in [-0.25, -0.2) is 0 Å². The monoisotopic (exact) mass is 296 g/mol. The lowest BCUT2D eigenvalue weighted by Gasteiger charge is -2.17. The molecule has 0 bridgehead atoms. The Morgan fingerprint density at radius 1 is 1.14 bits per heavy atom. The van der Waals surface area contributed by atoms with Crippen molar-refractivity contribution < 1.29 is 19.0 Å². The summed E-state index contributed by atoms with van der Waals surface area (Å²) >= 11 is 0. The Balaban J connectivity index is 2.94. The van der Waals surface area contributed by atoms with Crippen molar-refractivity contribution >= 4 is 5.91 Å². The molecule has 0 heterocycles. The van der Waals surface area contributed by atoms with Crippen LogP contribution in [-0.2, 0) is 0 Å². The maximum absolute atomic E-state index is 12.2. The smallest absolute Gasteiger partial charge is 0.251 e. The van der Waals surface area contributed by atoms with Gasteiger partial charge in [-0.2, -0.15) is 0 Å². The van der Waals surface area contributed by atoms with E-state index in [-0.39, 0.29) is 11.9 Å². The highest BCUT2D eigenvalue weighted by atomic mass is 16.5. The van der Waals surface area contributed by atoms with Gasteiger partial charge in [0.2, 0.25) is 5.75 Å². The molecule has 1 rings (SSSR count). The first-order chi connectivity index (χ1) is 9.94. The molecule has 0 aliphatic rings. The van der Waals surface area contributed by atoms with Crippen molar-refractivity contribution in [3.63, 3.8) is 0 Å². The molecule has 21 heavy (non-hydrogen) atoms. The molecular formula is C15H24N2O4. The number of hydrogen-bond acceptors (Lipinski definition) is 5. The van der Waals surface area contributed by atoms with Crippen molar-refractivity contribution in [2.75, 3.05) is 27.9 Å². The summed E-state index contributed by atoms with van der Waals surface area (Å²) in [6, 6.07) is 3.13. The second kappa shape index (κ2) is 7.73. The number of amides is 1. The first kappa shape index (κ1) is 17.1. The Hall–Kier alpha value is -1.95. The molecule has 118 valence electrons. The summed E-state index contributed by atoms with van der Waals surface area (Å²) in [6.45, 7) is 4.43. The molecule has 1 aromatic carbocycles. The molecule has 0 radical (unpaired) electrons. The molecule has 1 atom stereocenters. The Kier molecular flexibility index (Phi) is 6.30. The van der Waals surface area contributed by atoms with Crippen LogP contribution < -0.4 is 25.3 Å². The van der Waals surface area contributed by atoms with Gasteiger partial charge in [-0.15, -0.1) is 0 Å². The van der Waals surface area contributed by atoms with Crippen LogP contribution in [0.1, 0.15) is 24.2 Å². The number of carbonyl (C=O) groups is 1. The summed E-state index contributed by atoms with van der Waals surface area (Å²) in [5.74, 6) is 1.40. The fraction of sp³-hybridized carbons (Fsp3) is 0.533. The Morgan fingerprint density at radius 2 is 1.67 bits per heavy atom. The zero-order valence-electron chi connectivity index (χ0n) is 13.2. The number of methoxy groups -OCH3 is 3. The summed E-state index contributed by atoms with van der Waals surface area (Å²) < 4.78 is 15.7. The van der Waals surface area contributed by atoms with Crippen LogP contribution in [0.4, 0.5) is 0 Å². The van der Waals surface area contributed by atoms with Gasteiger partial charge >= 0.3 is 0 Å². The summed E-state index contributed by atoms with van der Waals surface area (Å²) in [4.78, 5) is 12.2. The molecule has 0 saturated carbocycles. The summed E-state index contributed by atoms with van der Waals surface area (Å²) in [5.41, 5.74) is 6.35. The quantitative estimate of drug-likeness (QED) is 0.795. The van der Waals surface area contributed by atoms with Gasteiger partial charge in [0.05, 0.1) is 21.3 Å². The third-order valence-corrected chi connectivity index (χ3v) is 3.28. The van der Waals surface area contributed by atoms with Crippen LogP contribution in [-0.4, -0.2) is 39.8 Å². The third-order valence-electron chi connectivity index (χ3n) is 3.28. The van der Waals surface area contributed by atoms with Crippen LogP contribution in [0.2, 0.25) is 0 Å². The highest BCUT2D eigenvalue weighted by Gasteiger charge is 2.17. The van der Waals surface area contributed by atoms with Crippen LogP contribution in [0.5, 0.6) is 17.2 Å². The molecule has 1 aromatic rings. The number of nitrogens with two attached hydrogens (primary N) is 1. The first-order valence-corrected chi connectivity index (χ1v) is 6.78. The lowest BCUT2D eigenvalue weighted by molar-refractivity contribution is 0.0948. The molecule has 6 nitrogen and oxygen atoms in total. The predicted molar refractivity (Wildman–Crippen MR) is 81.2 cm³/mol. The van der Waals surface area contributed by atoms with Crippen LogP contribution in [0.25, 0.3) is 0 Å². The molecule has 0 aliphatic heterocycles. The number of nitrogens with one attached hydrogen (secondary N) is 1. The van der Waals surface area contributed by atoms with Crippen molar-refractivity contribution in [3.8, 4) is 17.2 Å². The van der Waals surface area contributed by atoms with Gasteiger partial charge in [-0.3, -0.25) is 4.79 Å². The van der Waals surface area contributed by atoms with Crippen LogP contribution in [0, 0.1) is 5.92 Å². The lowest BCUT2D eigenvalue weighted by Crippen LogP contribution is -2.40. The number of hydrogen-bond donors (Lipinski definition) is 2. The SMILES string of the molecule is COc1cc(C(=O)NCC(N)C(C)C)cc(OC)c1OC. The highest BCUT2D eigenvalue weighted by Crippen LogP contribution is 2.38. The minimum atomic E-state index is -0.231. The standard InChI is InChI=1S/C15H24N2O4/c1-9(2)11(16)8-17-15(18)10-6-12(19-3)14(21-5)13(7-10)20-4/h6-7,9,11H,8,16H2,1-5H3,(H,17,18). The average molecular weight is 296 g/mol. The molecule has 1 unspecified atom stereocenters. The molecule has 0 aliphatic carbocycles. The van der Waals surface area contributed by atoms with Gasteiger partial charge in [0.15, 0.2) is 11.5 Å². The van der Waals surface area contributed by atoms with Gasteiger partial charge < -0.3 is 25.3 Å². The van der Waals surface area contributed by atoms with Crippen molar-refractivity contribution in [2.24, 2.45) is 11.7 Å². The van der Waals surface area contributed by atoms with Crippen LogP contribution in [0.3, 0.4) is 0 Å². The van der Waals surface area contributed by atoms with E-state index in [0.717, 1.165) is 0 Å². The zero-order chi connectivity index (χ0) is 16.0. The largest absolute Gasteiger partial charge is 0.493 e. The van der Waals surface area contributed by atoms with Crippen molar-refractivity contribution in [2.45, 2.75) is 19.9 Å². The first-order valence-electron chi connectivity index (χ1n) is 6.78. The Labute approximate surface area is 125 Å². The van der Waals surface area contributed by atoms with Crippen molar-refractivity contribution in [1.29, 1.82) is 0 Å². The minimum Gasteiger partial charge on any atom is -0.493 e. The molecular weight excluding hydrogens is 272 g/mol. The molecule has 6 heteroatoms. The molecule has 3 N–H and O–H groups in total. The Morgan fingerprint density at radius 3 is 2.05 bits per heavy atom. The summed E-state index contributed by atoms with van der Waals surface area (Å²) in [7, 11) is 4.53. The maximum atomic E-state index is 12.2. The third kappa shape index (κ3) is 4.26. The minimum absolute atomic E-state index is 0.0870. The highest BCUT2D eigenvalue weighted by molar-refractivity contribution is 5.95.